The van der Waals surface area contributed by atoms with Crippen LogP contribution in [0.25, 0.3) is 16.0 Å². The van der Waals surface area contributed by atoms with Crippen molar-refractivity contribution in [2.75, 3.05) is 7.05 Å². The lowest BCUT2D eigenvalue weighted by atomic mass is 9.83. The summed E-state index contributed by atoms with van der Waals surface area (Å²) in [5, 5.41) is 2.76. The molecule has 1 fully saturated rings. The normalized spacial score (nSPS) is 23.6. The van der Waals surface area contributed by atoms with Crippen LogP contribution in [0.3, 0.4) is 0 Å². The zero-order chi connectivity index (χ0) is 20.5. The molecule has 1 N–H and O–H groups in total. The largest absolute Gasteiger partial charge is 0.452 e. The van der Waals surface area contributed by atoms with Crippen LogP contribution in [-0.4, -0.2) is 30.3 Å². The second kappa shape index (κ2) is 7.11. The molecule has 0 saturated carbocycles. The van der Waals surface area contributed by atoms with Gasteiger partial charge >= 0.3 is 6.18 Å². The molecule has 3 rings (SSSR count). The minimum atomic E-state index is -4.62. The molecule has 0 spiro atoms. The molecule has 2 heterocycles. The van der Waals surface area contributed by atoms with Gasteiger partial charge in [-0.05, 0) is 36.2 Å². The highest BCUT2D eigenvalue weighted by molar-refractivity contribution is 5.76. The smallest absolute Gasteiger partial charge is 0.425 e. The Morgan fingerprint density at radius 2 is 2.04 bits per heavy atom. The Labute approximate surface area is 158 Å². The van der Waals surface area contributed by atoms with Gasteiger partial charge < -0.3 is 10.1 Å². The summed E-state index contributed by atoms with van der Waals surface area (Å²) in [5.41, 5.74) is 0.0240. The van der Waals surface area contributed by atoms with E-state index in [-0.39, 0.29) is 11.6 Å². The van der Waals surface area contributed by atoms with Crippen molar-refractivity contribution in [1.29, 1.82) is 0 Å². The van der Waals surface area contributed by atoms with Crippen LogP contribution in [0.15, 0.2) is 41.7 Å². The first-order chi connectivity index (χ1) is 13.2. The third-order valence-electron chi connectivity index (χ3n) is 4.55. The summed E-state index contributed by atoms with van der Waals surface area (Å²) in [6, 6.07) is 5.40. The molecule has 2 atom stereocenters. The molecule has 1 saturated heterocycles. The van der Waals surface area contributed by atoms with Crippen LogP contribution in [0.1, 0.15) is 18.9 Å². The van der Waals surface area contributed by atoms with E-state index in [0.29, 0.717) is 16.8 Å². The molecule has 9 heteroatoms. The minimum absolute atomic E-state index is 0.0388. The van der Waals surface area contributed by atoms with Gasteiger partial charge in [-0.15, -0.1) is 0 Å². The number of aromatic nitrogens is 1. The van der Waals surface area contributed by atoms with E-state index in [1.807, 2.05) is 0 Å². The number of halogens is 4. The van der Waals surface area contributed by atoms with Crippen molar-refractivity contribution in [1.82, 2.24) is 10.3 Å². The Balaban J connectivity index is 2.07. The topological polar surface area (TPSA) is 50.9 Å². The van der Waals surface area contributed by atoms with Crippen molar-refractivity contribution in [2.24, 2.45) is 4.99 Å². The maximum Gasteiger partial charge on any atom is 0.425 e. The monoisotopic (exact) mass is 392 g/mol. The number of hydrogen-bond donors (Lipinski definition) is 1. The number of pyridine rings is 1. The number of nitrogens with one attached hydrogen (secondary N) is 1. The van der Waals surface area contributed by atoms with E-state index in [9.17, 15) is 17.6 Å². The number of rotatable bonds is 2. The number of alkyl halides is 3. The van der Waals surface area contributed by atoms with Crippen molar-refractivity contribution >= 4 is 11.7 Å². The number of amidine groups is 1. The van der Waals surface area contributed by atoms with Crippen molar-refractivity contribution in [2.45, 2.75) is 31.2 Å². The number of nitrogens with zero attached hydrogens (tertiary/aromatic N) is 3. The molecule has 0 radical (unpaired) electrons. The summed E-state index contributed by atoms with van der Waals surface area (Å²) < 4.78 is 59.4. The third-order valence-corrected chi connectivity index (χ3v) is 4.55. The Kier molecular flexibility index (Phi) is 4.98. The van der Waals surface area contributed by atoms with E-state index < -0.39 is 30.1 Å². The predicted molar refractivity (Wildman–Crippen MR) is 95.3 cm³/mol. The number of hydrogen-bond acceptors (Lipinski definition) is 3. The summed E-state index contributed by atoms with van der Waals surface area (Å²) in [4.78, 5) is 11.0. The molecule has 0 amide bonds. The second-order valence-electron chi connectivity index (χ2n) is 6.58. The van der Waals surface area contributed by atoms with E-state index >= 15 is 0 Å². The third kappa shape index (κ3) is 3.76. The second-order valence-corrected chi connectivity index (χ2v) is 6.58. The molecule has 28 heavy (non-hydrogen) atoms. The molecule has 1 aromatic heterocycles. The predicted octanol–water partition coefficient (Wildman–Crippen LogP) is 4.58. The van der Waals surface area contributed by atoms with Crippen LogP contribution >= 0.6 is 0 Å². The molecular formula is C19H16F4N4O. The van der Waals surface area contributed by atoms with Gasteiger partial charge in [-0.25, -0.2) is 14.2 Å². The highest BCUT2D eigenvalue weighted by Crippen LogP contribution is 2.39. The van der Waals surface area contributed by atoms with Crippen molar-refractivity contribution < 1.29 is 22.3 Å². The average molecular weight is 392 g/mol. The fraction of sp³-hybridized carbons (Fsp3) is 0.316. The Bertz CT molecular complexity index is 967. The van der Waals surface area contributed by atoms with Gasteiger partial charge in [0.25, 0.3) is 6.02 Å². The Morgan fingerprint density at radius 3 is 2.68 bits per heavy atom. The molecule has 1 aromatic carbocycles. The molecule has 146 valence electrons. The minimum Gasteiger partial charge on any atom is -0.452 e. The van der Waals surface area contributed by atoms with Crippen LogP contribution in [0.4, 0.5) is 23.2 Å². The number of ether oxygens (including phenoxy) is 1. The van der Waals surface area contributed by atoms with Gasteiger partial charge in [0.15, 0.2) is 6.10 Å². The fourth-order valence-electron chi connectivity index (χ4n) is 3.11. The average Bonchev–Trinajstić information content (AvgIpc) is 2.67. The first-order valence-electron chi connectivity index (χ1n) is 8.27. The first-order valence-corrected chi connectivity index (χ1v) is 8.27. The van der Waals surface area contributed by atoms with Crippen molar-refractivity contribution in [3.8, 4) is 11.1 Å². The number of benzene rings is 1. The zero-order valence-corrected chi connectivity index (χ0v) is 15.0. The van der Waals surface area contributed by atoms with E-state index in [2.05, 4.69) is 20.1 Å². The highest BCUT2D eigenvalue weighted by Gasteiger charge is 2.51. The molecule has 0 bridgehead atoms. The zero-order valence-electron chi connectivity index (χ0n) is 15.0. The summed E-state index contributed by atoms with van der Waals surface area (Å²) >= 11 is 0. The summed E-state index contributed by atoms with van der Waals surface area (Å²) in [5.74, 6) is -0.661. The fourth-order valence-corrected chi connectivity index (χ4v) is 3.11. The van der Waals surface area contributed by atoms with E-state index in [0.717, 1.165) is 0 Å². The van der Waals surface area contributed by atoms with Crippen LogP contribution in [-0.2, 0) is 10.3 Å². The van der Waals surface area contributed by atoms with E-state index in [1.165, 1.54) is 44.6 Å². The van der Waals surface area contributed by atoms with Crippen LogP contribution in [0.5, 0.6) is 0 Å². The van der Waals surface area contributed by atoms with E-state index in [1.54, 1.807) is 6.07 Å². The van der Waals surface area contributed by atoms with Gasteiger partial charge in [-0.2, -0.15) is 13.2 Å². The SMILES string of the molecule is [C-]#[N+]c1cncc(-c2ccc(F)c([C@]3(C)C[C@@H](C(F)(F)F)OC(=NC)N3)c2)c1. The molecular weight excluding hydrogens is 376 g/mol. The van der Waals surface area contributed by atoms with Gasteiger partial charge in [0.2, 0.25) is 5.69 Å². The Morgan fingerprint density at radius 1 is 1.29 bits per heavy atom. The van der Waals surface area contributed by atoms with E-state index in [4.69, 9.17) is 11.3 Å². The molecule has 1 aliphatic rings. The van der Waals surface area contributed by atoms with Crippen LogP contribution in [0.2, 0.25) is 0 Å². The summed E-state index contributed by atoms with van der Waals surface area (Å²) in [7, 11) is 1.29. The highest BCUT2D eigenvalue weighted by atomic mass is 19.4. The number of aliphatic imine (C=N–C) groups is 1. The molecule has 2 aromatic rings. The molecule has 0 aliphatic carbocycles. The quantitative estimate of drug-likeness (QED) is 0.601. The van der Waals surface area contributed by atoms with Crippen LogP contribution < -0.4 is 5.32 Å². The maximum atomic E-state index is 14.6. The van der Waals surface area contributed by atoms with Gasteiger partial charge in [0.1, 0.15) is 5.82 Å². The standard InChI is InChI=1S/C19H16F4N4O/c1-18(8-16(19(21,22)23)28-17(25-3)27-18)14-7-11(4-5-15(14)20)12-6-13(24-2)10-26-9-12/h4-7,9-10,16H,8H2,1,3H3,(H,25,27)/t16-,18-/m0/s1. The van der Waals surface area contributed by atoms with Gasteiger partial charge in [0.05, 0.1) is 12.1 Å². The summed E-state index contributed by atoms with van der Waals surface area (Å²) in [6.07, 6.45) is -4.38. The molecule has 5 nitrogen and oxygen atoms in total. The summed E-state index contributed by atoms with van der Waals surface area (Å²) in [6.45, 7) is 8.54. The molecule has 0 unspecified atom stereocenters. The lowest BCUT2D eigenvalue weighted by Crippen LogP contribution is -2.56. The van der Waals surface area contributed by atoms with Gasteiger partial charge in [-0.3, -0.25) is 4.98 Å². The van der Waals surface area contributed by atoms with Gasteiger partial charge in [0, 0.05) is 31.4 Å². The first kappa shape index (κ1) is 19.6. The lowest BCUT2D eigenvalue weighted by Gasteiger charge is -2.41. The maximum absolute atomic E-state index is 14.6. The van der Waals surface area contributed by atoms with Gasteiger partial charge in [-0.1, -0.05) is 6.07 Å². The van der Waals surface area contributed by atoms with Crippen LogP contribution in [0, 0.1) is 12.4 Å². The molecule has 1 aliphatic heterocycles. The lowest BCUT2D eigenvalue weighted by molar-refractivity contribution is -0.211. The van der Waals surface area contributed by atoms with Crippen molar-refractivity contribution in [3.05, 3.63) is 59.5 Å². The van der Waals surface area contributed by atoms with Crippen molar-refractivity contribution in [3.63, 3.8) is 0 Å². The Hall–Kier alpha value is -3.15.